The largest absolute Gasteiger partial charge is 0.311 e. The van der Waals surface area contributed by atoms with Gasteiger partial charge in [0.05, 0.1) is 28.5 Å². The van der Waals surface area contributed by atoms with E-state index in [0.717, 1.165) is 9.48 Å². The standard InChI is InChI=1S/C17H20BrN5O3S2/c1-12-11-15(23(21-12)8-2-7-19)20-17(24)13-5-9-22(10-6-13)28(25,26)16-4-3-14(18)27-16/h3-4,11,13H,2,5-6,8-10H2,1H3,(H,20,24). The number of carbonyl (C=O) groups excluding carboxylic acids is 1. The molecule has 0 saturated carbocycles. The fourth-order valence-corrected chi connectivity index (χ4v) is 6.76. The van der Waals surface area contributed by atoms with E-state index in [4.69, 9.17) is 5.26 Å². The summed E-state index contributed by atoms with van der Waals surface area (Å²) in [6.45, 7) is 2.85. The van der Waals surface area contributed by atoms with Crippen molar-refractivity contribution in [3.8, 4) is 6.07 Å². The molecule has 0 aliphatic carbocycles. The Morgan fingerprint density at radius 3 is 2.75 bits per heavy atom. The van der Waals surface area contributed by atoms with Crippen molar-refractivity contribution in [3.63, 3.8) is 0 Å². The molecule has 0 radical (unpaired) electrons. The quantitative estimate of drug-likeness (QED) is 0.676. The van der Waals surface area contributed by atoms with Gasteiger partial charge in [0, 0.05) is 25.1 Å². The summed E-state index contributed by atoms with van der Waals surface area (Å²) < 4.78 is 29.5. The van der Waals surface area contributed by atoms with Crippen LogP contribution >= 0.6 is 27.3 Å². The Labute approximate surface area is 176 Å². The second-order valence-corrected chi connectivity index (χ2v) is 11.2. The molecular formula is C17H20BrN5O3S2. The first-order valence-corrected chi connectivity index (χ1v) is 11.8. The first-order chi connectivity index (χ1) is 13.3. The number of hydrogen-bond acceptors (Lipinski definition) is 6. The highest BCUT2D eigenvalue weighted by Crippen LogP contribution is 2.31. The first-order valence-electron chi connectivity index (χ1n) is 8.79. The predicted molar refractivity (Wildman–Crippen MR) is 109 cm³/mol. The number of nitriles is 1. The summed E-state index contributed by atoms with van der Waals surface area (Å²) in [4.78, 5) is 12.6. The molecule has 2 aromatic rings. The van der Waals surface area contributed by atoms with Gasteiger partial charge in [-0.05, 0) is 47.8 Å². The average Bonchev–Trinajstić information content (AvgIpc) is 3.26. The fraction of sp³-hybridized carbons (Fsp3) is 0.471. The van der Waals surface area contributed by atoms with Crippen LogP contribution in [-0.2, 0) is 21.4 Å². The Kier molecular flexibility index (Phi) is 6.54. The number of thiophene rings is 1. The minimum Gasteiger partial charge on any atom is -0.311 e. The number of aryl methyl sites for hydroxylation is 2. The van der Waals surface area contributed by atoms with E-state index in [1.807, 2.05) is 6.92 Å². The van der Waals surface area contributed by atoms with E-state index in [1.54, 1.807) is 22.9 Å². The maximum absolute atomic E-state index is 12.7. The topological polar surface area (TPSA) is 108 Å². The van der Waals surface area contributed by atoms with E-state index in [-0.39, 0.29) is 11.8 Å². The van der Waals surface area contributed by atoms with Gasteiger partial charge in [-0.2, -0.15) is 14.7 Å². The molecule has 2 aromatic heterocycles. The second-order valence-electron chi connectivity index (χ2n) is 6.53. The number of rotatable bonds is 6. The van der Waals surface area contributed by atoms with E-state index in [1.165, 1.54) is 15.6 Å². The van der Waals surface area contributed by atoms with E-state index in [0.29, 0.717) is 48.9 Å². The molecular weight excluding hydrogens is 466 g/mol. The van der Waals surface area contributed by atoms with Gasteiger partial charge in [0.25, 0.3) is 10.0 Å². The van der Waals surface area contributed by atoms with Crippen molar-refractivity contribution in [2.75, 3.05) is 18.4 Å². The number of carbonyl (C=O) groups is 1. The van der Waals surface area contributed by atoms with Crippen LogP contribution in [0.4, 0.5) is 5.82 Å². The molecule has 1 amide bonds. The lowest BCUT2D eigenvalue weighted by Gasteiger charge is -2.30. The van der Waals surface area contributed by atoms with Gasteiger partial charge in [-0.3, -0.25) is 4.79 Å². The number of sulfonamides is 1. The molecule has 0 unspecified atom stereocenters. The maximum Gasteiger partial charge on any atom is 0.252 e. The minimum absolute atomic E-state index is 0.144. The molecule has 1 aliphatic rings. The zero-order chi connectivity index (χ0) is 20.3. The highest BCUT2D eigenvalue weighted by atomic mass is 79.9. The van der Waals surface area contributed by atoms with Crippen molar-refractivity contribution in [2.24, 2.45) is 5.92 Å². The van der Waals surface area contributed by atoms with E-state index < -0.39 is 10.0 Å². The molecule has 0 bridgehead atoms. The number of aromatic nitrogens is 2. The molecule has 1 N–H and O–H groups in total. The molecule has 0 atom stereocenters. The van der Waals surface area contributed by atoms with Crippen LogP contribution in [0.15, 0.2) is 26.2 Å². The zero-order valence-electron chi connectivity index (χ0n) is 15.3. The Bertz CT molecular complexity index is 1000. The normalized spacial score (nSPS) is 16.0. The van der Waals surface area contributed by atoms with Gasteiger partial charge >= 0.3 is 0 Å². The second kappa shape index (κ2) is 8.73. The Balaban J connectivity index is 1.61. The smallest absolute Gasteiger partial charge is 0.252 e. The van der Waals surface area contributed by atoms with Crippen molar-refractivity contribution in [3.05, 3.63) is 27.7 Å². The van der Waals surface area contributed by atoms with Gasteiger partial charge in [-0.15, -0.1) is 11.3 Å². The van der Waals surface area contributed by atoms with Crippen molar-refractivity contribution < 1.29 is 13.2 Å². The van der Waals surface area contributed by atoms with Crippen LogP contribution in [-0.4, -0.2) is 41.5 Å². The van der Waals surface area contributed by atoms with Crippen molar-refractivity contribution in [1.82, 2.24) is 14.1 Å². The maximum atomic E-state index is 12.7. The summed E-state index contributed by atoms with van der Waals surface area (Å²) in [7, 11) is -3.52. The number of amides is 1. The van der Waals surface area contributed by atoms with Gasteiger partial charge in [-0.25, -0.2) is 13.1 Å². The van der Waals surface area contributed by atoms with Gasteiger partial charge in [-0.1, -0.05) is 0 Å². The van der Waals surface area contributed by atoms with Crippen molar-refractivity contribution in [1.29, 1.82) is 5.26 Å². The SMILES string of the molecule is Cc1cc(NC(=O)C2CCN(S(=O)(=O)c3ccc(Br)s3)CC2)n(CCC#N)n1. The number of anilines is 1. The molecule has 150 valence electrons. The van der Waals surface area contributed by atoms with Gasteiger partial charge in [0.15, 0.2) is 0 Å². The third kappa shape index (κ3) is 4.63. The summed E-state index contributed by atoms with van der Waals surface area (Å²) in [6, 6.07) is 7.14. The lowest BCUT2D eigenvalue weighted by molar-refractivity contribution is -0.121. The third-order valence-corrected chi connectivity index (χ3v) is 8.55. The molecule has 1 saturated heterocycles. The lowest BCUT2D eigenvalue weighted by Crippen LogP contribution is -2.41. The Morgan fingerprint density at radius 1 is 1.43 bits per heavy atom. The van der Waals surface area contributed by atoms with Crippen LogP contribution in [0.2, 0.25) is 0 Å². The van der Waals surface area contributed by atoms with E-state index in [2.05, 4.69) is 32.4 Å². The summed E-state index contributed by atoms with van der Waals surface area (Å²) in [5.41, 5.74) is 0.760. The molecule has 0 spiro atoms. The molecule has 3 heterocycles. The highest BCUT2D eigenvalue weighted by Gasteiger charge is 2.33. The number of piperidine rings is 1. The van der Waals surface area contributed by atoms with Crippen LogP contribution in [0, 0.1) is 24.2 Å². The Hall–Kier alpha value is -1.74. The summed E-state index contributed by atoms with van der Waals surface area (Å²) in [6.07, 6.45) is 1.23. The Morgan fingerprint density at radius 2 is 2.14 bits per heavy atom. The predicted octanol–water partition coefficient (Wildman–Crippen LogP) is 2.97. The molecule has 3 rings (SSSR count). The molecule has 11 heteroatoms. The van der Waals surface area contributed by atoms with Crippen molar-refractivity contribution in [2.45, 2.75) is 36.9 Å². The molecule has 1 aliphatic heterocycles. The molecule has 8 nitrogen and oxygen atoms in total. The number of nitrogens with zero attached hydrogens (tertiary/aromatic N) is 4. The monoisotopic (exact) mass is 485 g/mol. The summed E-state index contributed by atoms with van der Waals surface area (Å²) in [5, 5.41) is 15.9. The fourth-order valence-electron chi connectivity index (χ4n) is 3.12. The van der Waals surface area contributed by atoms with Gasteiger partial charge in [0.2, 0.25) is 5.91 Å². The molecule has 28 heavy (non-hydrogen) atoms. The van der Waals surface area contributed by atoms with Crippen LogP contribution < -0.4 is 5.32 Å². The van der Waals surface area contributed by atoms with Crippen LogP contribution in [0.25, 0.3) is 0 Å². The van der Waals surface area contributed by atoms with Gasteiger partial charge < -0.3 is 5.32 Å². The van der Waals surface area contributed by atoms with Crippen LogP contribution in [0.5, 0.6) is 0 Å². The number of nitrogens with one attached hydrogen (secondary N) is 1. The number of halogens is 1. The van der Waals surface area contributed by atoms with E-state index in [9.17, 15) is 13.2 Å². The molecule has 0 aromatic carbocycles. The first kappa shape index (κ1) is 21.0. The van der Waals surface area contributed by atoms with E-state index >= 15 is 0 Å². The minimum atomic E-state index is -3.52. The average molecular weight is 486 g/mol. The summed E-state index contributed by atoms with van der Waals surface area (Å²) >= 11 is 4.47. The van der Waals surface area contributed by atoms with Gasteiger partial charge in [0.1, 0.15) is 10.0 Å². The highest BCUT2D eigenvalue weighted by molar-refractivity contribution is 9.11. The molecule has 1 fully saturated rings. The van der Waals surface area contributed by atoms with Crippen LogP contribution in [0.3, 0.4) is 0 Å². The zero-order valence-corrected chi connectivity index (χ0v) is 18.5. The number of hydrogen-bond donors (Lipinski definition) is 1. The lowest BCUT2D eigenvalue weighted by atomic mass is 9.97. The van der Waals surface area contributed by atoms with Crippen LogP contribution in [0.1, 0.15) is 25.0 Å². The summed E-state index contributed by atoms with van der Waals surface area (Å²) in [5.74, 6) is 0.159. The van der Waals surface area contributed by atoms with Crippen molar-refractivity contribution >= 4 is 49.0 Å². The third-order valence-electron chi connectivity index (χ3n) is 4.56.